The third kappa shape index (κ3) is 5.75. The maximum atomic E-state index is 13.8. The first-order chi connectivity index (χ1) is 19.0. The number of amides is 2. The zero-order chi connectivity index (χ0) is 28.6. The third-order valence-corrected chi connectivity index (χ3v) is 8.02. The number of benzene rings is 1. The fourth-order valence-electron chi connectivity index (χ4n) is 6.00. The van der Waals surface area contributed by atoms with Crippen LogP contribution in [0.25, 0.3) is 0 Å². The molecule has 2 atom stereocenters. The van der Waals surface area contributed by atoms with E-state index in [0.29, 0.717) is 31.5 Å². The molecule has 2 amide bonds. The second-order valence-corrected chi connectivity index (χ2v) is 10.6. The van der Waals surface area contributed by atoms with Crippen molar-refractivity contribution in [1.29, 1.82) is 0 Å². The summed E-state index contributed by atoms with van der Waals surface area (Å²) in [4.78, 5) is 34.4. The smallest absolute Gasteiger partial charge is 0.285 e. The Hall–Kier alpha value is -2.20. The Morgan fingerprint density at radius 2 is 1.18 bits per heavy atom. The standard InChI is InChI=1S/C17H17F2NO5.C9H15F2NO3/c18-16(19)5-6-17(23-7-8-24-17)11(9-16)10-25-20-14(21)12-3-1-2-4-13(12)15(20)22;10-8(11)1-2-9(13-3-4-14-9)7(5-8)6-15-12/h1-4,11H,5-10H2;7H,1-6,12H2. The molecule has 222 valence electrons. The molecule has 10 nitrogen and oxygen atoms in total. The Kier molecular flexibility index (Phi) is 8.23. The maximum absolute atomic E-state index is 13.8. The van der Waals surface area contributed by atoms with E-state index in [1.165, 1.54) is 12.1 Å². The van der Waals surface area contributed by atoms with Crippen molar-refractivity contribution in [3.8, 4) is 0 Å². The SMILES string of the molecule is NOCC1CC(F)(F)CCC12OCCO2.O=C1c2ccccc2C(=O)N1OCC1CC(F)(F)CCC12OCCO2. The molecule has 2 spiro atoms. The Balaban J connectivity index is 0.000000184. The van der Waals surface area contributed by atoms with E-state index in [1.54, 1.807) is 12.1 Å². The van der Waals surface area contributed by atoms with Crippen LogP contribution in [-0.2, 0) is 28.6 Å². The molecule has 0 radical (unpaired) electrons. The van der Waals surface area contributed by atoms with Gasteiger partial charge < -0.3 is 23.8 Å². The highest BCUT2D eigenvalue weighted by Gasteiger charge is 2.55. The van der Waals surface area contributed by atoms with Crippen molar-refractivity contribution in [2.75, 3.05) is 39.6 Å². The van der Waals surface area contributed by atoms with Crippen LogP contribution in [0.1, 0.15) is 59.2 Å². The van der Waals surface area contributed by atoms with E-state index in [2.05, 4.69) is 4.84 Å². The average Bonchev–Trinajstić information content (AvgIpc) is 3.65. The van der Waals surface area contributed by atoms with Crippen LogP contribution < -0.4 is 5.90 Å². The van der Waals surface area contributed by atoms with Gasteiger partial charge in [-0.2, -0.15) is 0 Å². The van der Waals surface area contributed by atoms with Crippen LogP contribution in [0.3, 0.4) is 0 Å². The lowest BCUT2D eigenvalue weighted by molar-refractivity contribution is -0.264. The number of fused-ring (bicyclic) bond motifs is 1. The van der Waals surface area contributed by atoms with Gasteiger partial charge in [0.2, 0.25) is 11.8 Å². The van der Waals surface area contributed by atoms with Crippen LogP contribution in [0.5, 0.6) is 0 Å². The van der Waals surface area contributed by atoms with Crippen molar-refractivity contribution < 1.29 is 55.8 Å². The molecule has 1 aromatic carbocycles. The number of nitrogens with two attached hydrogens (primary N) is 1. The number of imide groups is 1. The van der Waals surface area contributed by atoms with Crippen molar-refractivity contribution >= 4 is 11.8 Å². The summed E-state index contributed by atoms with van der Waals surface area (Å²) in [5.41, 5.74) is 0.481. The van der Waals surface area contributed by atoms with Crippen molar-refractivity contribution in [3.05, 3.63) is 35.4 Å². The second kappa shape index (κ2) is 11.2. The number of carbonyl (C=O) groups excluding carboxylic acids is 2. The van der Waals surface area contributed by atoms with Crippen LogP contribution in [0, 0.1) is 11.8 Å². The molecule has 3 heterocycles. The van der Waals surface area contributed by atoms with Crippen LogP contribution >= 0.6 is 0 Å². The van der Waals surface area contributed by atoms with Gasteiger partial charge in [0.25, 0.3) is 11.8 Å². The van der Waals surface area contributed by atoms with Crippen molar-refractivity contribution in [1.82, 2.24) is 5.06 Å². The minimum atomic E-state index is -2.85. The van der Waals surface area contributed by atoms with E-state index in [0.717, 1.165) is 0 Å². The zero-order valence-electron chi connectivity index (χ0n) is 21.8. The Bertz CT molecular complexity index is 1060. The number of nitrogens with zero attached hydrogens (tertiary/aromatic N) is 1. The molecule has 2 aliphatic carbocycles. The van der Waals surface area contributed by atoms with Gasteiger partial charge in [-0.25, -0.2) is 23.5 Å². The summed E-state index contributed by atoms with van der Waals surface area (Å²) >= 11 is 0. The molecule has 2 unspecified atom stereocenters. The predicted octanol–water partition coefficient (Wildman–Crippen LogP) is 3.45. The van der Waals surface area contributed by atoms with E-state index in [1.807, 2.05) is 0 Å². The summed E-state index contributed by atoms with van der Waals surface area (Å²) in [6, 6.07) is 6.34. The molecule has 14 heteroatoms. The monoisotopic (exact) mass is 576 g/mol. The Morgan fingerprint density at radius 3 is 1.60 bits per heavy atom. The van der Waals surface area contributed by atoms with Gasteiger partial charge >= 0.3 is 0 Å². The molecule has 0 bridgehead atoms. The molecule has 0 aromatic heterocycles. The molecule has 3 aliphatic heterocycles. The first-order valence-electron chi connectivity index (χ1n) is 13.2. The number of rotatable bonds is 5. The largest absolute Gasteiger partial charge is 0.347 e. The highest BCUT2D eigenvalue weighted by molar-refractivity contribution is 6.20. The van der Waals surface area contributed by atoms with Gasteiger partial charge in [-0.1, -0.05) is 12.1 Å². The summed E-state index contributed by atoms with van der Waals surface area (Å²) in [6.07, 6.45) is -1.03. The third-order valence-electron chi connectivity index (χ3n) is 8.02. The highest BCUT2D eigenvalue weighted by atomic mass is 19.3. The molecule has 4 fully saturated rings. The predicted molar refractivity (Wildman–Crippen MR) is 127 cm³/mol. The number of alkyl halides is 4. The van der Waals surface area contributed by atoms with E-state index >= 15 is 0 Å². The fraction of sp³-hybridized carbons (Fsp3) is 0.692. The zero-order valence-corrected chi connectivity index (χ0v) is 21.8. The number of halogens is 4. The molecule has 2 saturated heterocycles. The topological polar surface area (TPSA) is 119 Å². The number of ether oxygens (including phenoxy) is 4. The molecule has 1 aromatic rings. The highest BCUT2D eigenvalue weighted by Crippen LogP contribution is 2.48. The van der Waals surface area contributed by atoms with Gasteiger partial charge in [-0.3, -0.25) is 14.4 Å². The lowest BCUT2D eigenvalue weighted by Crippen LogP contribution is -2.50. The van der Waals surface area contributed by atoms with Gasteiger partial charge in [0.05, 0.1) is 50.8 Å². The number of carbonyl (C=O) groups is 2. The van der Waals surface area contributed by atoms with Gasteiger partial charge in [-0.05, 0) is 12.1 Å². The van der Waals surface area contributed by atoms with Gasteiger partial charge in [0.15, 0.2) is 11.6 Å². The normalized spacial score (nSPS) is 29.5. The van der Waals surface area contributed by atoms with Crippen LogP contribution in [0.15, 0.2) is 24.3 Å². The molecular formula is C26H32F4N2O8. The fourth-order valence-corrected chi connectivity index (χ4v) is 6.00. The summed E-state index contributed by atoms with van der Waals surface area (Å²) in [5.74, 6) is -5.03. The Labute approximate surface area is 227 Å². The molecule has 2 saturated carbocycles. The number of hydrogen-bond acceptors (Lipinski definition) is 9. The lowest BCUT2D eigenvalue weighted by atomic mass is 9.81. The maximum Gasteiger partial charge on any atom is 0.285 e. The summed E-state index contributed by atoms with van der Waals surface area (Å²) < 4.78 is 76.2. The van der Waals surface area contributed by atoms with Gasteiger partial charge in [0, 0.05) is 50.4 Å². The Morgan fingerprint density at radius 1 is 0.750 bits per heavy atom. The molecule has 5 aliphatic rings. The minimum Gasteiger partial charge on any atom is -0.347 e. The van der Waals surface area contributed by atoms with Crippen LogP contribution in [-0.4, -0.2) is 79.9 Å². The van der Waals surface area contributed by atoms with Crippen molar-refractivity contribution in [2.45, 2.75) is 61.9 Å². The van der Waals surface area contributed by atoms with Crippen LogP contribution in [0.4, 0.5) is 17.6 Å². The average molecular weight is 577 g/mol. The quantitative estimate of drug-likeness (QED) is 0.319. The molecular weight excluding hydrogens is 544 g/mol. The van der Waals surface area contributed by atoms with E-state index in [-0.39, 0.29) is 56.4 Å². The van der Waals surface area contributed by atoms with Gasteiger partial charge in [-0.15, -0.1) is 5.06 Å². The first-order valence-corrected chi connectivity index (χ1v) is 13.2. The van der Waals surface area contributed by atoms with Crippen LogP contribution in [0.2, 0.25) is 0 Å². The molecule has 40 heavy (non-hydrogen) atoms. The second-order valence-electron chi connectivity index (χ2n) is 10.6. The summed E-state index contributed by atoms with van der Waals surface area (Å²) in [6.45, 7) is 1.33. The first kappa shape index (κ1) is 29.3. The van der Waals surface area contributed by atoms with E-state index in [9.17, 15) is 27.2 Å². The minimum absolute atomic E-state index is 0.0373. The van der Waals surface area contributed by atoms with Crippen molar-refractivity contribution in [2.24, 2.45) is 17.7 Å². The number of hydroxylamine groups is 2. The number of hydrogen-bond donors (Lipinski definition) is 1. The van der Waals surface area contributed by atoms with Crippen molar-refractivity contribution in [3.63, 3.8) is 0 Å². The summed E-state index contributed by atoms with van der Waals surface area (Å²) in [7, 11) is 0. The van der Waals surface area contributed by atoms with Gasteiger partial charge in [0.1, 0.15) is 0 Å². The molecule has 6 rings (SSSR count). The summed E-state index contributed by atoms with van der Waals surface area (Å²) in [5, 5.41) is 0.639. The lowest BCUT2D eigenvalue weighted by Gasteiger charge is -2.42. The van der Waals surface area contributed by atoms with E-state index in [4.69, 9.17) is 29.7 Å². The van der Waals surface area contributed by atoms with E-state index < -0.39 is 53.5 Å². The molecule has 2 N–H and O–H groups in total.